The first-order chi connectivity index (χ1) is 10.9. The monoisotopic (exact) mass is 340 g/mol. The fraction of sp³-hybridized carbons (Fsp3) is 0.467. The Bertz CT molecular complexity index is 715. The lowest BCUT2D eigenvalue weighted by atomic mass is 10.1. The van der Waals surface area contributed by atoms with Crippen molar-refractivity contribution in [1.82, 2.24) is 9.62 Å². The average Bonchev–Trinajstić information content (AvgIpc) is 2.73. The molecule has 0 bridgehead atoms. The van der Waals surface area contributed by atoms with Crippen molar-refractivity contribution in [3.8, 4) is 0 Å². The molecule has 7 nitrogen and oxygen atoms in total. The number of fused-ring (bicyclic) bond motifs is 1. The van der Waals surface area contributed by atoms with Gasteiger partial charge in [-0.15, -0.1) is 0 Å². The van der Waals surface area contributed by atoms with Crippen LogP contribution >= 0.6 is 0 Å². The molecule has 0 spiro atoms. The molecule has 2 rings (SSSR count). The number of methoxy groups -OCH3 is 1. The summed E-state index contributed by atoms with van der Waals surface area (Å²) >= 11 is 0. The van der Waals surface area contributed by atoms with Crippen molar-refractivity contribution in [3.05, 3.63) is 34.9 Å². The third-order valence-corrected chi connectivity index (χ3v) is 4.92. The second kappa shape index (κ2) is 7.20. The second-order valence-corrected chi connectivity index (χ2v) is 7.30. The predicted molar refractivity (Wildman–Crippen MR) is 84.8 cm³/mol. The molecular weight excluding hydrogens is 320 g/mol. The van der Waals surface area contributed by atoms with E-state index in [0.29, 0.717) is 24.2 Å². The minimum absolute atomic E-state index is 0.162. The summed E-state index contributed by atoms with van der Waals surface area (Å²) in [4.78, 5) is 25.4. The molecule has 1 aliphatic rings. The van der Waals surface area contributed by atoms with E-state index in [1.165, 1.54) is 0 Å². The Kier molecular flexibility index (Phi) is 5.51. The fourth-order valence-corrected chi connectivity index (χ4v) is 3.36. The first-order valence-corrected chi connectivity index (χ1v) is 8.94. The lowest BCUT2D eigenvalue weighted by Gasteiger charge is -2.14. The molecule has 0 fully saturated rings. The highest BCUT2D eigenvalue weighted by Crippen LogP contribution is 2.23. The Balaban J connectivity index is 1.97. The van der Waals surface area contributed by atoms with Crippen LogP contribution in [0.1, 0.15) is 32.7 Å². The molecule has 0 aromatic heterocycles. The van der Waals surface area contributed by atoms with Crippen LogP contribution in [0.15, 0.2) is 18.2 Å². The van der Waals surface area contributed by atoms with E-state index < -0.39 is 21.8 Å². The third-order valence-electron chi connectivity index (χ3n) is 3.56. The van der Waals surface area contributed by atoms with E-state index in [9.17, 15) is 18.0 Å². The van der Waals surface area contributed by atoms with Crippen LogP contribution in [-0.4, -0.2) is 57.7 Å². The maximum atomic E-state index is 12.2. The second-order valence-electron chi connectivity index (χ2n) is 5.37. The van der Waals surface area contributed by atoms with Crippen molar-refractivity contribution in [3.63, 3.8) is 0 Å². The molecule has 1 aromatic carbocycles. The standard InChI is InChI=1S/C15H20N2O5S/c1-11-4-5-12-13(10-11)15(19)17(14(12)18)7-9-23(20,21)16-6-3-8-22-2/h4-5,10,16H,3,6-9H2,1-2H3. The summed E-state index contributed by atoms with van der Waals surface area (Å²) in [5.41, 5.74) is 1.53. The molecule has 0 aliphatic carbocycles. The van der Waals surface area contributed by atoms with Gasteiger partial charge in [0.15, 0.2) is 0 Å². The Morgan fingerprint density at radius 3 is 2.57 bits per heavy atom. The van der Waals surface area contributed by atoms with E-state index in [4.69, 9.17) is 4.74 Å². The summed E-state index contributed by atoms with van der Waals surface area (Å²) in [5.74, 6) is -1.20. The zero-order valence-corrected chi connectivity index (χ0v) is 14.0. The predicted octanol–water partition coefficient (Wildman–Crippen LogP) is 0.547. The number of ether oxygens (including phenoxy) is 1. The number of sulfonamides is 1. The molecule has 1 aliphatic heterocycles. The van der Waals surface area contributed by atoms with Gasteiger partial charge in [-0.25, -0.2) is 13.1 Å². The van der Waals surface area contributed by atoms with E-state index in [1.54, 1.807) is 25.3 Å². The van der Waals surface area contributed by atoms with Gasteiger partial charge in [-0.3, -0.25) is 14.5 Å². The Morgan fingerprint density at radius 2 is 1.87 bits per heavy atom. The molecule has 0 atom stereocenters. The Morgan fingerprint density at radius 1 is 1.17 bits per heavy atom. The van der Waals surface area contributed by atoms with Gasteiger partial charge in [-0.1, -0.05) is 11.6 Å². The summed E-state index contributed by atoms with van der Waals surface area (Å²) in [5, 5.41) is 0. The normalized spacial score (nSPS) is 14.4. The number of carbonyl (C=O) groups excluding carboxylic acids is 2. The SMILES string of the molecule is COCCCNS(=O)(=O)CCN1C(=O)c2ccc(C)cc2C1=O. The first kappa shape index (κ1) is 17.6. The van der Waals surface area contributed by atoms with Crippen LogP contribution in [0.5, 0.6) is 0 Å². The highest BCUT2D eigenvalue weighted by molar-refractivity contribution is 7.89. The van der Waals surface area contributed by atoms with E-state index >= 15 is 0 Å². The number of imide groups is 1. The van der Waals surface area contributed by atoms with Crippen molar-refractivity contribution >= 4 is 21.8 Å². The number of aryl methyl sites for hydroxylation is 1. The van der Waals surface area contributed by atoms with Crippen LogP contribution in [0.3, 0.4) is 0 Å². The summed E-state index contributed by atoms with van der Waals surface area (Å²) < 4.78 is 31.0. The van der Waals surface area contributed by atoms with Crippen LogP contribution < -0.4 is 4.72 Å². The molecule has 0 radical (unpaired) electrons. The quantitative estimate of drug-likeness (QED) is 0.551. The third kappa shape index (κ3) is 4.15. The molecule has 1 heterocycles. The number of benzene rings is 1. The summed E-state index contributed by atoms with van der Waals surface area (Å²) in [6, 6.07) is 5.00. The smallest absolute Gasteiger partial charge is 0.261 e. The molecular formula is C15H20N2O5S. The lowest BCUT2D eigenvalue weighted by molar-refractivity contribution is 0.0664. The lowest BCUT2D eigenvalue weighted by Crippen LogP contribution is -2.38. The fourth-order valence-electron chi connectivity index (χ4n) is 2.34. The van der Waals surface area contributed by atoms with Crippen LogP contribution in [0.25, 0.3) is 0 Å². The molecule has 1 N–H and O–H groups in total. The molecule has 126 valence electrons. The van der Waals surface area contributed by atoms with Gasteiger partial charge >= 0.3 is 0 Å². The maximum Gasteiger partial charge on any atom is 0.261 e. The van der Waals surface area contributed by atoms with Crippen LogP contribution in [0.2, 0.25) is 0 Å². The highest BCUT2D eigenvalue weighted by atomic mass is 32.2. The average molecular weight is 340 g/mol. The van der Waals surface area contributed by atoms with Crippen molar-refractivity contribution in [2.75, 3.05) is 32.6 Å². The zero-order chi connectivity index (χ0) is 17.0. The maximum absolute atomic E-state index is 12.2. The summed E-state index contributed by atoms with van der Waals surface area (Å²) in [6.45, 7) is 2.39. The van der Waals surface area contributed by atoms with E-state index in [0.717, 1.165) is 10.5 Å². The molecule has 8 heteroatoms. The summed E-state index contributed by atoms with van der Waals surface area (Å²) in [6.07, 6.45) is 0.558. The minimum atomic E-state index is -3.54. The number of nitrogens with zero attached hydrogens (tertiary/aromatic N) is 1. The molecule has 23 heavy (non-hydrogen) atoms. The van der Waals surface area contributed by atoms with E-state index in [1.807, 2.05) is 6.92 Å². The van der Waals surface area contributed by atoms with Gasteiger partial charge in [0.25, 0.3) is 11.8 Å². The molecule has 0 unspecified atom stereocenters. The van der Waals surface area contributed by atoms with Crippen molar-refractivity contribution in [1.29, 1.82) is 0 Å². The Hall–Kier alpha value is -1.77. The number of rotatable bonds is 8. The zero-order valence-electron chi connectivity index (χ0n) is 13.2. The molecule has 0 saturated heterocycles. The highest BCUT2D eigenvalue weighted by Gasteiger charge is 2.35. The number of hydrogen-bond acceptors (Lipinski definition) is 5. The molecule has 2 amide bonds. The van der Waals surface area contributed by atoms with E-state index in [2.05, 4.69) is 4.72 Å². The van der Waals surface area contributed by atoms with Crippen molar-refractivity contribution in [2.24, 2.45) is 0 Å². The van der Waals surface area contributed by atoms with Gasteiger partial charge in [0.2, 0.25) is 10.0 Å². The van der Waals surface area contributed by atoms with Gasteiger partial charge < -0.3 is 4.74 Å². The molecule has 1 aromatic rings. The number of carbonyl (C=O) groups is 2. The minimum Gasteiger partial charge on any atom is -0.385 e. The van der Waals surface area contributed by atoms with Crippen molar-refractivity contribution in [2.45, 2.75) is 13.3 Å². The largest absolute Gasteiger partial charge is 0.385 e. The Labute approximate surface area is 135 Å². The van der Waals surface area contributed by atoms with Gasteiger partial charge in [0.05, 0.1) is 16.9 Å². The van der Waals surface area contributed by atoms with Crippen molar-refractivity contribution < 1.29 is 22.7 Å². The first-order valence-electron chi connectivity index (χ1n) is 7.29. The van der Waals surface area contributed by atoms with Crippen LogP contribution in [0.4, 0.5) is 0 Å². The number of amides is 2. The van der Waals surface area contributed by atoms with Gasteiger partial charge in [-0.05, 0) is 25.5 Å². The summed E-state index contributed by atoms with van der Waals surface area (Å²) in [7, 11) is -2.00. The van der Waals surface area contributed by atoms with Gasteiger partial charge in [0, 0.05) is 26.8 Å². The van der Waals surface area contributed by atoms with E-state index in [-0.39, 0.29) is 18.8 Å². The van der Waals surface area contributed by atoms with Gasteiger partial charge in [-0.2, -0.15) is 0 Å². The van der Waals surface area contributed by atoms with Gasteiger partial charge in [0.1, 0.15) is 0 Å². The number of hydrogen-bond donors (Lipinski definition) is 1. The van der Waals surface area contributed by atoms with Crippen LogP contribution in [0, 0.1) is 6.92 Å². The molecule has 0 saturated carbocycles. The number of nitrogens with one attached hydrogen (secondary N) is 1. The topological polar surface area (TPSA) is 92.8 Å². The van der Waals surface area contributed by atoms with Crippen LogP contribution in [-0.2, 0) is 14.8 Å².